The lowest BCUT2D eigenvalue weighted by Gasteiger charge is -2.31. The molecule has 2 heterocycles. The number of hydrogen-bond donors (Lipinski definition) is 1. The number of carbonyl (C=O) groups is 1. The molecule has 0 radical (unpaired) electrons. The molecule has 1 saturated heterocycles. The van der Waals surface area contributed by atoms with Gasteiger partial charge in [0.1, 0.15) is 5.75 Å². The summed E-state index contributed by atoms with van der Waals surface area (Å²) in [7, 11) is 3.28. The van der Waals surface area contributed by atoms with Crippen LogP contribution in [0.1, 0.15) is 23.1 Å². The second-order valence-electron chi connectivity index (χ2n) is 9.96. The zero-order valence-electron chi connectivity index (χ0n) is 22.2. The summed E-state index contributed by atoms with van der Waals surface area (Å²) in [5, 5.41) is 2.77. The third-order valence-electron chi connectivity index (χ3n) is 7.31. The van der Waals surface area contributed by atoms with E-state index >= 15 is 0 Å². The smallest absolute Gasteiger partial charge is 0.409 e. The molecule has 212 valence electrons. The number of rotatable bonds is 7. The Morgan fingerprint density at radius 1 is 1.02 bits per heavy atom. The molecule has 7 nitrogen and oxygen atoms in total. The van der Waals surface area contributed by atoms with Gasteiger partial charge in [0.15, 0.2) is 12.6 Å². The Hall–Kier alpha value is -3.44. The molecule has 0 bridgehead atoms. The molecule has 0 aliphatic carbocycles. The van der Waals surface area contributed by atoms with Crippen LogP contribution in [0.15, 0.2) is 66.7 Å². The number of anilines is 1. The van der Waals surface area contributed by atoms with Gasteiger partial charge in [0.05, 0.1) is 5.56 Å². The van der Waals surface area contributed by atoms with Crippen LogP contribution in [0.5, 0.6) is 5.75 Å². The highest BCUT2D eigenvalue weighted by molar-refractivity contribution is 5.88. The summed E-state index contributed by atoms with van der Waals surface area (Å²) < 4.78 is 61.0. The van der Waals surface area contributed by atoms with Gasteiger partial charge in [0, 0.05) is 57.4 Å². The van der Waals surface area contributed by atoms with Gasteiger partial charge >= 0.3 is 12.3 Å². The molecule has 3 aromatic carbocycles. The summed E-state index contributed by atoms with van der Waals surface area (Å²) in [6.07, 6.45) is -4.03. The van der Waals surface area contributed by atoms with E-state index in [1.165, 1.54) is 17.7 Å². The molecule has 0 aromatic heterocycles. The van der Waals surface area contributed by atoms with Crippen LogP contribution in [-0.2, 0) is 33.4 Å². The van der Waals surface area contributed by atoms with Gasteiger partial charge in [-0.2, -0.15) is 13.2 Å². The summed E-state index contributed by atoms with van der Waals surface area (Å²) >= 11 is 0. The fourth-order valence-electron chi connectivity index (χ4n) is 5.29. The maximum Gasteiger partial charge on any atom is 0.417 e. The number of nitrogens with one attached hydrogen (secondary N) is 1. The molecule has 3 unspecified atom stereocenters. The number of para-hydroxylation sites is 1. The van der Waals surface area contributed by atoms with Crippen molar-refractivity contribution >= 4 is 11.8 Å². The number of alkyl halides is 3. The first-order chi connectivity index (χ1) is 19.2. The summed E-state index contributed by atoms with van der Waals surface area (Å²) in [5.41, 5.74) is 3.23. The van der Waals surface area contributed by atoms with E-state index < -0.39 is 17.8 Å². The number of nitrogens with zero attached hydrogens (tertiary/aromatic N) is 1. The number of methoxy groups -OCH3 is 2. The average molecular weight is 557 g/mol. The van der Waals surface area contributed by atoms with Crippen LogP contribution < -0.4 is 10.1 Å². The maximum atomic E-state index is 12.9. The Bertz CT molecular complexity index is 1330. The average Bonchev–Trinajstić information content (AvgIpc) is 3.35. The van der Waals surface area contributed by atoms with Crippen molar-refractivity contribution in [3.8, 4) is 16.9 Å². The third kappa shape index (κ3) is 6.47. The second-order valence-corrected chi connectivity index (χ2v) is 9.96. The van der Waals surface area contributed by atoms with Crippen molar-refractivity contribution in [2.75, 3.05) is 32.6 Å². The van der Waals surface area contributed by atoms with Gasteiger partial charge in [-0.1, -0.05) is 36.4 Å². The second kappa shape index (κ2) is 12.0. The Morgan fingerprint density at radius 2 is 1.80 bits per heavy atom. The van der Waals surface area contributed by atoms with Crippen LogP contribution in [0, 0.1) is 5.92 Å². The van der Waals surface area contributed by atoms with Crippen molar-refractivity contribution < 1.29 is 36.9 Å². The highest BCUT2D eigenvalue weighted by atomic mass is 19.4. The zero-order valence-corrected chi connectivity index (χ0v) is 22.2. The monoisotopic (exact) mass is 556 g/mol. The van der Waals surface area contributed by atoms with Crippen molar-refractivity contribution in [1.82, 2.24) is 4.90 Å². The van der Waals surface area contributed by atoms with Crippen LogP contribution in [0.3, 0.4) is 0 Å². The van der Waals surface area contributed by atoms with Gasteiger partial charge in [-0.15, -0.1) is 0 Å². The number of hydrogen-bond acceptors (Lipinski definition) is 6. The van der Waals surface area contributed by atoms with Crippen LogP contribution in [0.2, 0.25) is 0 Å². The lowest BCUT2D eigenvalue weighted by molar-refractivity contribution is -0.193. The van der Waals surface area contributed by atoms with Gasteiger partial charge < -0.3 is 18.9 Å². The first kappa shape index (κ1) is 28.1. The van der Waals surface area contributed by atoms with Gasteiger partial charge in [-0.3, -0.25) is 10.2 Å². The zero-order chi connectivity index (χ0) is 28.3. The van der Waals surface area contributed by atoms with E-state index in [9.17, 15) is 18.0 Å². The molecule has 5 rings (SSSR count). The van der Waals surface area contributed by atoms with E-state index in [0.717, 1.165) is 50.2 Å². The van der Waals surface area contributed by atoms with Crippen molar-refractivity contribution in [1.29, 1.82) is 0 Å². The Balaban J connectivity index is 1.21. The molecule has 1 fully saturated rings. The maximum absolute atomic E-state index is 12.9. The lowest BCUT2D eigenvalue weighted by Crippen LogP contribution is -2.37. The normalized spacial score (nSPS) is 21.2. The highest BCUT2D eigenvalue weighted by Crippen LogP contribution is 2.35. The van der Waals surface area contributed by atoms with Crippen molar-refractivity contribution in [2.45, 2.75) is 38.1 Å². The van der Waals surface area contributed by atoms with Crippen LogP contribution in [0.25, 0.3) is 11.1 Å². The van der Waals surface area contributed by atoms with Gasteiger partial charge in [0.2, 0.25) is 0 Å². The van der Waals surface area contributed by atoms with E-state index in [1.807, 2.05) is 18.2 Å². The van der Waals surface area contributed by atoms with E-state index in [2.05, 4.69) is 10.2 Å². The molecular weight excluding hydrogens is 525 g/mol. The predicted molar refractivity (Wildman–Crippen MR) is 143 cm³/mol. The molecule has 3 atom stereocenters. The summed E-state index contributed by atoms with van der Waals surface area (Å²) in [4.78, 5) is 15.1. The van der Waals surface area contributed by atoms with Crippen molar-refractivity contribution in [3.05, 3.63) is 83.4 Å². The van der Waals surface area contributed by atoms with Gasteiger partial charge in [-0.25, -0.2) is 4.79 Å². The van der Waals surface area contributed by atoms with Gasteiger partial charge in [0.25, 0.3) is 0 Å². The predicted octanol–water partition coefficient (Wildman–Crippen LogP) is 6.32. The Morgan fingerprint density at radius 3 is 2.52 bits per heavy atom. The van der Waals surface area contributed by atoms with Crippen molar-refractivity contribution in [3.63, 3.8) is 0 Å². The number of fused-ring (bicyclic) bond motifs is 1. The third-order valence-corrected chi connectivity index (χ3v) is 7.31. The number of benzene rings is 3. The Labute approximate surface area is 230 Å². The summed E-state index contributed by atoms with van der Waals surface area (Å²) in [5.74, 6) is 0.465. The minimum atomic E-state index is -4.42. The van der Waals surface area contributed by atoms with Crippen molar-refractivity contribution in [2.24, 2.45) is 5.92 Å². The standard InChI is InChI=1S/C30H31F3N2O5/c1-37-27-16-22(28(38-2)40-27)18-35-14-13-20-15-24(12-9-21(20)17-35)34-29(36)39-26-6-4-3-5-25(26)19-7-10-23(11-8-19)30(31,32)33/h3-12,15,22,27-28H,13-14,16-18H2,1-2H3,(H,34,36). The minimum absolute atomic E-state index is 0.220. The number of ether oxygens (including phenoxy) is 4. The number of carbonyl (C=O) groups excluding carboxylic acids is 1. The number of amides is 1. The molecule has 0 spiro atoms. The first-order valence-electron chi connectivity index (χ1n) is 13.0. The molecule has 2 aliphatic heterocycles. The fraction of sp³-hybridized carbons (Fsp3) is 0.367. The summed E-state index contributed by atoms with van der Waals surface area (Å²) in [6, 6.07) is 17.3. The summed E-state index contributed by atoms with van der Waals surface area (Å²) in [6.45, 7) is 2.49. The Kier molecular flexibility index (Phi) is 8.41. The molecule has 1 N–H and O–H groups in total. The van der Waals surface area contributed by atoms with Crippen LogP contribution in [-0.4, -0.2) is 50.9 Å². The molecule has 1 amide bonds. The first-order valence-corrected chi connectivity index (χ1v) is 13.0. The lowest BCUT2D eigenvalue weighted by atomic mass is 9.97. The molecular formula is C30H31F3N2O5. The molecule has 10 heteroatoms. The van der Waals surface area contributed by atoms with E-state index in [-0.39, 0.29) is 24.2 Å². The van der Waals surface area contributed by atoms with E-state index in [0.29, 0.717) is 16.8 Å². The SMILES string of the molecule is COC1CC(CN2CCc3cc(NC(=O)Oc4ccccc4-c4ccc(C(F)(F)F)cc4)ccc3C2)C(OC)O1. The topological polar surface area (TPSA) is 69.3 Å². The van der Waals surface area contributed by atoms with Gasteiger partial charge in [-0.05, 0) is 53.4 Å². The van der Waals surface area contributed by atoms with E-state index in [4.69, 9.17) is 18.9 Å². The molecule has 40 heavy (non-hydrogen) atoms. The largest absolute Gasteiger partial charge is 0.417 e. The number of halogens is 3. The van der Waals surface area contributed by atoms with Crippen LogP contribution in [0.4, 0.5) is 23.7 Å². The molecule has 3 aromatic rings. The fourth-order valence-corrected chi connectivity index (χ4v) is 5.29. The van der Waals surface area contributed by atoms with E-state index in [1.54, 1.807) is 38.5 Å². The molecule has 0 saturated carbocycles. The highest BCUT2D eigenvalue weighted by Gasteiger charge is 2.37. The molecule has 2 aliphatic rings. The quantitative estimate of drug-likeness (QED) is 0.367. The van der Waals surface area contributed by atoms with Crippen LogP contribution >= 0.6 is 0 Å². The minimum Gasteiger partial charge on any atom is -0.409 e.